The molecule has 0 amide bonds. The zero-order valence-electron chi connectivity index (χ0n) is 11.3. The lowest BCUT2D eigenvalue weighted by molar-refractivity contribution is 0.806. The van der Waals surface area contributed by atoms with Gasteiger partial charge in [-0.2, -0.15) is 5.26 Å². The van der Waals surface area contributed by atoms with Crippen molar-refractivity contribution in [3.8, 4) is 23.0 Å². The molecule has 0 N–H and O–H groups in total. The fourth-order valence-electron chi connectivity index (χ4n) is 2.19. The molecule has 3 rings (SSSR count). The minimum absolute atomic E-state index is 0.254. The first-order valence-corrected chi connectivity index (χ1v) is 6.76. The molecule has 0 unspecified atom stereocenters. The molecule has 1 heterocycles. The van der Waals surface area contributed by atoms with E-state index in [2.05, 4.69) is 16.4 Å². The Balaban J connectivity index is 2.28. The van der Waals surface area contributed by atoms with Crippen LogP contribution in [0.4, 0.5) is 0 Å². The Morgan fingerprint density at radius 1 is 1.14 bits per heavy atom. The van der Waals surface area contributed by atoms with Gasteiger partial charge in [0.05, 0.1) is 10.7 Å². The number of nitrogens with zero attached hydrogens (tertiary/aromatic N) is 4. The minimum atomic E-state index is 0.254. The van der Waals surface area contributed by atoms with E-state index in [0.717, 1.165) is 16.8 Å². The summed E-state index contributed by atoms with van der Waals surface area (Å²) in [5, 5.41) is 17.9. The summed E-state index contributed by atoms with van der Waals surface area (Å²) in [6.45, 7) is 2.00. The Morgan fingerprint density at radius 3 is 2.67 bits per heavy atom. The molecule has 0 radical (unpaired) electrons. The van der Waals surface area contributed by atoms with Crippen LogP contribution in [0, 0.1) is 18.3 Å². The molecule has 21 heavy (non-hydrogen) atoms. The van der Waals surface area contributed by atoms with Crippen LogP contribution in [-0.2, 0) is 0 Å². The second kappa shape index (κ2) is 5.39. The van der Waals surface area contributed by atoms with Crippen LogP contribution in [0.15, 0.2) is 48.5 Å². The number of aromatic nitrogens is 3. The van der Waals surface area contributed by atoms with Crippen molar-refractivity contribution in [1.29, 1.82) is 5.26 Å². The van der Waals surface area contributed by atoms with Crippen molar-refractivity contribution >= 4 is 11.6 Å². The lowest BCUT2D eigenvalue weighted by atomic mass is 10.1. The summed E-state index contributed by atoms with van der Waals surface area (Å²) in [6, 6.07) is 17.3. The average Bonchev–Trinajstić information content (AvgIpc) is 2.91. The summed E-state index contributed by atoms with van der Waals surface area (Å²) in [7, 11) is 0. The van der Waals surface area contributed by atoms with Gasteiger partial charge >= 0.3 is 0 Å². The Labute approximate surface area is 127 Å². The number of aryl methyl sites for hydroxylation is 1. The van der Waals surface area contributed by atoms with E-state index in [9.17, 15) is 5.26 Å². The molecule has 2 aromatic carbocycles. The Bertz CT molecular complexity index is 845. The number of nitriles is 1. The zero-order chi connectivity index (χ0) is 14.8. The summed E-state index contributed by atoms with van der Waals surface area (Å²) in [5.74, 6) is 0. The van der Waals surface area contributed by atoms with Crippen molar-refractivity contribution < 1.29 is 0 Å². The van der Waals surface area contributed by atoms with E-state index in [0.29, 0.717) is 10.7 Å². The van der Waals surface area contributed by atoms with Gasteiger partial charge in [-0.3, -0.25) is 0 Å². The molecule has 0 spiro atoms. The Kier molecular flexibility index (Phi) is 3.43. The second-order valence-electron chi connectivity index (χ2n) is 4.63. The molecule has 4 nitrogen and oxygen atoms in total. The predicted molar refractivity (Wildman–Crippen MR) is 81.3 cm³/mol. The Hall–Kier alpha value is -2.64. The molecule has 0 fully saturated rings. The van der Waals surface area contributed by atoms with Crippen molar-refractivity contribution in [2.24, 2.45) is 0 Å². The quantitative estimate of drug-likeness (QED) is 0.723. The van der Waals surface area contributed by atoms with E-state index in [1.807, 2.05) is 49.4 Å². The van der Waals surface area contributed by atoms with Crippen molar-refractivity contribution in [3.05, 3.63) is 64.8 Å². The first-order valence-electron chi connectivity index (χ1n) is 6.38. The molecular formula is C16H11ClN4. The molecule has 102 valence electrons. The lowest BCUT2D eigenvalue weighted by Gasteiger charge is -2.08. The molecule has 1 aromatic heterocycles. The van der Waals surface area contributed by atoms with Gasteiger partial charge in [0.1, 0.15) is 11.8 Å². The summed E-state index contributed by atoms with van der Waals surface area (Å²) in [5.41, 5.74) is 3.55. The van der Waals surface area contributed by atoms with Crippen LogP contribution in [0.1, 0.15) is 11.3 Å². The number of hydrogen-bond acceptors (Lipinski definition) is 3. The average molecular weight is 295 g/mol. The van der Waals surface area contributed by atoms with E-state index < -0.39 is 0 Å². The van der Waals surface area contributed by atoms with E-state index in [-0.39, 0.29) is 5.69 Å². The maximum atomic E-state index is 9.28. The second-order valence-corrected chi connectivity index (χ2v) is 5.04. The first-order chi connectivity index (χ1) is 10.2. The van der Waals surface area contributed by atoms with Gasteiger partial charge in [-0.25, -0.2) is 4.68 Å². The van der Waals surface area contributed by atoms with Gasteiger partial charge in [-0.05, 0) is 30.7 Å². The highest BCUT2D eigenvalue weighted by molar-refractivity contribution is 6.33. The van der Waals surface area contributed by atoms with Gasteiger partial charge in [0.2, 0.25) is 0 Å². The molecule has 5 heteroatoms. The van der Waals surface area contributed by atoms with E-state index in [1.54, 1.807) is 10.7 Å². The fraction of sp³-hybridized carbons (Fsp3) is 0.0625. The van der Waals surface area contributed by atoms with Crippen molar-refractivity contribution in [2.45, 2.75) is 6.92 Å². The van der Waals surface area contributed by atoms with E-state index >= 15 is 0 Å². The van der Waals surface area contributed by atoms with Gasteiger partial charge < -0.3 is 0 Å². The van der Waals surface area contributed by atoms with Gasteiger partial charge in [0, 0.05) is 5.56 Å². The minimum Gasteiger partial charge on any atom is -0.211 e. The van der Waals surface area contributed by atoms with Gasteiger partial charge in [-0.1, -0.05) is 47.1 Å². The molecule has 0 aliphatic carbocycles. The maximum Gasteiger partial charge on any atom is 0.191 e. The van der Waals surface area contributed by atoms with Crippen LogP contribution in [-0.4, -0.2) is 15.0 Å². The largest absolute Gasteiger partial charge is 0.211 e. The highest BCUT2D eigenvalue weighted by Gasteiger charge is 2.18. The van der Waals surface area contributed by atoms with E-state index in [1.165, 1.54) is 0 Å². The monoisotopic (exact) mass is 294 g/mol. The molecule has 0 bridgehead atoms. The van der Waals surface area contributed by atoms with Gasteiger partial charge in [0.25, 0.3) is 0 Å². The van der Waals surface area contributed by atoms with Crippen molar-refractivity contribution in [2.75, 3.05) is 0 Å². The summed E-state index contributed by atoms with van der Waals surface area (Å²) in [6.07, 6.45) is 0. The third-order valence-electron chi connectivity index (χ3n) is 3.15. The predicted octanol–water partition coefficient (Wildman–Crippen LogP) is 3.77. The highest BCUT2D eigenvalue weighted by atomic mass is 35.5. The molecule has 3 aromatic rings. The van der Waals surface area contributed by atoms with Crippen LogP contribution in [0.5, 0.6) is 0 Å². The molecule has 0 aliphatic rings. The summed E-state index contributed by atoms with van der Waals surface area (Å²) < 4.78 is 1.65. The smallest absolute Gasteiger partial charge is 0.191 e. The van der Waals surface area contributed by atoms with Crippen LogP contribution in [0.25, 0.3) is 16.9 Å². The standard InChI is InChI=1S/C16H11ClN4/c1-11-5-4-6-12(9-11)21-16(15(10-18)19-20-21)13-7-2-3-8-14(13)17/h2-9H,1H3. The Morgan fingerprint density at radius 2 is 1.95 bits per heavy atom. The van der Waals surface area contributed by atoms with E-state index in [4.69, 9.17) is 11.6 Å². The fourth-order valence-corrected chi connectivity index (χ4v) is 2.42. The van der Waals surface area contributed by atoms with Crippen molar-refractivity contribution in [1.82, 2.24) is 15.0 Å². The van der Waals surface area contributed by atoms with Crippen LogP contribution >= 0.6 is 11.6 Å². The highest BCUT2D eigenvalue weighted by Crippen LogP contribution is 2.30. The number of rotatable bonds is 2. The molecular weight excluding hydrogens is 284 g/mol. The summed E-state index contributed by atoms with van der Waals surface area (Å²) >= 11 is 6.26. The lowest BCUT2D eigenvalue weighted by Crippen LogP contribution is -2.00. The molecule has 0 saturated carbocycles. The zero-order valence-corrected chi connectivity index (χ0v) is 12.0. The SMILES string of the molecule is Cc1cccc(-n2nnc(C#N)c2-c2ccccc2Cl)c1. The molecule has 0 aliphatic heterocycles. The number of benzene rings is 2. The van der Waals surface area contributed by atoms with Crippen LogP contribution < -0.4 is 0 Å². The third kappa shape index (κ3) is 2.39. The maximum absolute atomic E-state index is 9.28. The number of halogens is 1. The van der Waals surface area contributed by atoms with Crippen molar-refractivity contribution in [3.63, 3.8) is 0 Å². The molecule has 0 atom stereocenters. The van der Waals surface area contributed by atoms with Crippen LogP contribution in [0.3, 0.4) is 0 Å². The number of hydrogen-bond donors (Lipinski definition) is 0. The third-order valence-corrected chi connectivity index (χ3v) is 3.48. The normalized spacial score (nSPS) is 10.3. The summed E-state index contributed by atoms with van der Waals surface area (Å²) in [4.78, 5) is 0. The molecule has 0 saturated heterocycles. The van der Waals surface area contributed by atoms with Crippen LogP contribution in [0.2, 0.25) is 5.02 Å². The van der Waals surface area contributed by atoms with Gasteiger partial charge in [0.15, 0.2) is 5.69 Å². The van der Waals surface area contributed by atoms with Gasteiger partial charge in [-0.15, -0.1) is 5.10 Å². The first kappa shape index (κ1) is 13.3. The topological polar surface area (TPSA) is 54.5 Å².